The van der Waals surface area contributed by atoms with Crippen LogP contribution in [0.5, 0.6) is 0 Å². The van der Waals surface area contributed by atoms with Gasteiger partial charge in [-0.05, 0) is 13.0 Å². The van der Waals surface area contributed by atoms with Gasteiger partial charge in [0.05, 0.1) is 11.2 Å². The molecule has 0 spiro atoms. The number of nitrogens with zero attached hydrogens (tertiary/aromatic N) is 2. The van der Waals surface area contributed by atoms with Crippen molar-refractivity contribution < 1.29 is 8.78 Å². The third-order valence-corrected chi connectivity index (χ3v) is 2.62. The fourth-order valence-electron chi connectivity index (χ4n) is 1.86. The van der Waals surface area contributed by atoms with Crippen molar-refractivity contribution in [1.29, 1.82) is 0 Å². The van der Waals surface area contributed by atoms with E-state index in [1.165, 1.54) is 0 Å². The van der Waals surface area contributed by atoms with Crippen LogP contribution in [0.2, 0.25) is 0 Å². The minimum absolute atomic E-state index is 0.291. The minimum Gasteiger partial charge on any atom is -0.320 e. The van der Waals surface area contributed by atoms with Crippen molar-refractivity contribution in [1.82, 2.24) is 9.78 Å². The first-order valence-electron chi connectivity index (χ1n) is 4.66. The minimum atomic E-state index is -2.61. The topological polar surface area (TPSA) is 43.8 Å². The van der Waals surface area contributed by atoms with Crippen molar-refractivity contribution in [2.45, 2.75) is 37.8 Å². The lowest BCUT2D eigenvalue weighted by Gasteiger charge is -2.43. The van der Waals surface area contributed by atoms with E-state index in [0.29, 0.717) is 5.69 Å². The van der Waals surface area contributed by atoms with Gasteiger partial charge in [0.15, 0.2) is 0 Å². The summed E-state index contributed by atoms with van der Waals surface area (Å²) in [5.41, 5.74) is 5.47. The number of aryl methyl sites for hydroxylation is 1. The molecule has 0 unspecified atom stereocenters. The summed E-state index contributed by atoms with van der Waals surface area (Å²) in [5, 5.41) is 4.15. The predicted octanol–water partition coefficient (Wildman–Crippen LogP) is 1.49. The molecule has 78 valence electrons. The van der Waals surface area contributed by atoms with Crippen molar-refractivity contribution in [3.05, 3.63) is 18.0 Å². The Labute approximate surface area is 80.9 Å². The second-order valence-electron chi connectivity index (χ2n) is 3.92. The van der Waals surface area contributed by atoms with Gasteiger partial charge in [-0.25, -0.2) is 8.78 Å². The largest absolute Gasteiger partial charge is 0.320 e. The van der Waals surface area contributed by atoms with Crippen molar-refractivity contribution >= 4 is 0 Å². The molecule has 0 amide bonds. The Balaban J connectivity index is 2.16. The van der Waals surface area contributed by atoms with Crippen LogP contribution in [0.1, 0.15) is 25.5 Å². The normalized spacial score (nSPS) is 23.1. The zero-order chi connectivity index (χ0) is 10.4. The van der Waals surface area contributed by atoms with Gasteiger partial charge in [0, 0.05) is 25.6 Å². The summed E-state index contributed by atoms with van der Waals surface area (Å²) >= 11 is 0. The molecule has 0 bridgehead atoms. The van der Waals surface area contributed by atoms with Gasteiger partial charge in [0.2, 0.25) is 0 Å². The number of hydrogen-bond donors (Lipinski definition) is 1. The van der Waals surface area contributed by atoms with Gasteiger partial charge in [-0.2, -0.15) is 5.10 Å². The summed E-state index contributed by atoms with van der Waals surface area (Å²) in [6.45, 7) is 2.67. The number of aromatic nitrogens is 2. The van der Waals surface area contributed by atoms with Gasteiger partial charge in [0.25, 0.3) is 5.92 Å². The van der Waals surface area contributed by atoms with Gasteiger partial charge in [-0.3, -0.25) is 4.68 Å². The molecule has 1 aromatic rings. The third kappa shape index (κ3) is 1.41. The van der Waals surface area contributed by atoms with Crippen LogP contribution in [0.4, 0.5) is 8.78 Å². The molecule has 0 aliphatic heterocycles. The van der Waals surface area contributed by atoms with Gasteiger partial charge >= 0.3 is 0 Å². The molecule has 1 aliphatic rings. The molecule has 1 saturated carbocycles. The van der Waals surface area contributed by atoms with Crippen LogP contribution in [0.3, 0.4) is 0 Å². The van der Waals surface area contributed by atoms with Crippen LogP contribution >= 0.6 is 0 Å². The van der Waals surface area contributed by atoms with Crippen LogP contribution < -0.4 is 5.73 Å². The second-order valence-corrected chi connectivity index (χ2v) is 3.92. The molecule has 0 saturated heterocycles. The standard InChI is InChI=1S/C9H13F2N3/c1-2-14-4-3-7(13-14)8(12)5-9(10,11)6-8/h3-4H,2,5-6,12H2,1H3. The first kappa shape index (κ1) is 9.58. The Hall–Kier alpha value is -0.970. The van der Waals surface area contributed by atoms with Gasteiger partial charge in [-0.15, -0.1) is 0 Å². The van der Waals surface area contributed by atoms with E-state index in [2.05, 4.69) is 5.10 Å². The van der Waals surface area contributed by atoms with Gasteiger partial charge < -0.3 is 5.73 Å². The lowest BCUT2D eigenvalue weighted by Crippen LogP contribution is -2.55. The van der Waals surface area contributed by atoms with Crippen molar-refractivity contribution in [2.24, 2.45) is 5.73 Å². The van der Waals surface area contributed by atoms with Gasteiger partial charge in [0.1, 0.15) is 0 Å². The van der Waals surface area contributed by atoms with E-state index in [0.717, 1.165) is 6.54 Å². The summed E-state index contributed by atoms with van der Waals surface area (Å²) in [4.78, 5) is 0. The quantitative estimate of drug-likeness (QED) is 0.787. The third-order valence-electron chi connectivity index (χ3n) is 2.62. The van der Waals surface area contributed by atoms with E-state index < -0.39 is 11.5 Å². The fourth-order valence-corrected chi connectivity index (χ4v) is 1.86. The molecule has 5 heteroatoms. The van der Waals surface area contributed by atoms with Crippen LogP contribution in [0.25, 0.3) is 0 Å². The number of nitrogens with two attached hydrogens (primary N) is 1. The molecular weight excluding hydrogens is 188 g/mol. The number of hydrogen-bond acceptors (Lipinski definition) is 2. The van der Waals surface area contributed by atoms with E-state index in [-0.39, 0.29) is 12.8 Å². The molecule has 1 aromatic heterocycles. The van der Waals surface area contributed by atoms with Crippen LogP contribution in [-0.2, 0) is 12.1 Å². The molecule has 0 aromatic carbocycles. The molecule has 2 N–H and O–H groups in total. The Morgan fingerprint density at radius 2 is 2.21 bits per heavy atom. The van der Waals surface area contributed by atoms with Crippen LogP contribution in [0.15, 0.2) is 12.3 Å². The highest BCUT2D eigenvalue weighted by Gasteiger charge is 2.56. The zero-order valence-electron chi connectivity index (χ0n) is 8.00. The van der Waals surface area contributed by atoms with E-state index >= 15 is 0 Å². The Bertz CT molecular complexity index is 338. The smallest absolute Gasteiger partial charge is 0.252 e. The Morgan fingerprint density at radius 1 is 1.57 bits per heavy atom. The highest BCUT2D eigenvalue weighted by atomic mass is 19.3. The molecule has 3 nitrogen and oxygen atoms in total. The molecule has 2 rings (SSSR count). The monoisotopic (exact) mass is 201 g/mol. The summed E-state index contributed by atoms with van der Waals surface area (Å²) in [6, 6.07) is 1.72. The summed E-state index contributed by atoms with van der Waals surface area (Å²) in [6.07, 6.45) is 1.18. The van der Waals surface area contributed by atoms with Crippen LogP contribution in [0, 0.1) is 0 Å². The molecular formula is C9H13F2N3. The molecule has 1 heterocycles. The SMILES string of the molecule is CCn1ccc(C2(N)CC(F)(F)C2)n1. The molecule has 14 heavy (non-hydrogen) atoms. The fraction of sp³-hybridized carbons (Fsp3) is 0.667. The first-order chi connectivity index (χ1) is 6.45. The summed E-state index contributed by atoms with van der Waals surface area (Å²) in [5.74, 6) is -2.61. The highest BCUT2D eigenvalue weighted by Crippen LogP contribution is 2.49. The Kier molecular flexibility index (Phi) is 1.89. The van der Waals surface area contributed by atoms with E-state index in [4.69, 9.17) is 5.73 Å². The molecule has 0 radical (unpaired) electrons. The molecule has 1 aliphatic carbocycles. The lowest BCUT2D eigenvalue weighted by atomic mass is 9.72. The van der Waals surface area contributed by atoms with E-state index in [1.54, 1.807) is 16.9 Å². The maximum Gasteiger partial charge on any atom is 0.252 e. The van der Waals surface area contributed by atoms with Crippen LogP contribution in [-0.4, -0.2) is 15.7 Å². The predicted molar refractivity (Wildman–Crippen MR) is 47.9 cm³/mol. The van der Waals surface area contributed by atoms with Crippen molar-refractivity contribution in [3.63, 3.8) is 0 Å². The number of alkyl halides is 2. The van der Waals surface area contributed by atoms with Crippen molar-refractivity contribution in [2.75, 3.05) is 0 Å². The maximum atomic E-state index is 12.7. The summed E-state index contributed by atoms with van der Waals surface area (Å²) < 4.78 is 27.1. The highest BCUT2D eigenvalue weighted by molar-refractivity contribution is 5.20. The number of rotatable bonds is 2. The van der Waals surface area contributed by atoms with Crippen molar-refractivity contribution in [3.8, 4) is 0 Å². The first-order valence-corrected chi connectivity index (χ1v) is 4.66. The van der Waals surface area contributed by atoms with Gasteiger partial charge in [-0.1, -0.05) is 0 Å². The molecule has 0 atom stereocenters. The number of halogens is 2. The lowest BCUT2D eigenvalue weighted by molar-refractivity contribution is -0.126. The average molecular weight is 201 g/mol. The van der Waals surface area contributed by atoms with E-state index in [9.17, 15) is 8.78 Å². The second kappa shape index (κ2) is 2.76. The molecule has 1 fully saturated rings. The summed E-state index contributed by atoms with van der Waals surface area (Å²) in [7, 11) is 0. The zero-order valence-corrected chi connectivity index (χ0v) is 8.00. The maximum absolute atomic E-state index is 12.7. The average Bonchev–Trinajstić information content (AvgIpc) is 2.48. The van der Waals surface area contributed by atoms with E-state index in [1.807, 2.05) is 6.92 Å². The Morgan fingerprint density at radius 3 is 2.64 bits per heavy atom.